The number of nitrogens with one attached hydrogen (secondary N) is 1. The topological polar surface area (TPSA) is 65.6 Å². The van der Waals surface area contributed by atoms with Gasteiger partial charge in [0.05, 0.1) is 12.8 Å². The molecule has 1 heterocycles. The van der Waals surface area contributed by atoms with Crippen molar-refractivity contribution >= 4 is 11.5 Å². The number of ether oxygens (including phenoxy) is 1. The van der Waals surface area contributed by atoms with Crippen LogP contribution in [0.2, 0.25) is 0 Å². The fraction of sp³-hybridized carbons (Fsp3) is 0.533. The Bertz CT molecular complexity index is 489. The average molecular weight is 276 g/mol. The molecule has 1 saturated heterocycles. The summed E-state index contributed by atoms with van der Waals surface area (Å²) in [4.78, 5) is 4.54. The number of amidine groups is 1. The van der Waals surface area contributed by atoms with Crippen molar-refractivity contribution in [3.05, 3.63) is 23.8 Å². The molecule has 2 rings (SSSR count). The molecule has 0 aliphatic carbocycles. The minimum absolute atomic E-state index is 0.0954. The predicted octanol–water partition coefficient (Wildman–Crippen LogP) is 1.37. The van der Waals surface area contributed by atoms with Gasteiger partial charge in [0, 0.05) is 31.8 Å². The number of benzene rings is 1. The number of likely N-dealkylation sites (tertiary alicyclic amines) is 1. The van der Waals surface area contributed by atoms with Crippen LogP contribution in [-0.2, 0) is 0 Å². The first kappa shape index (κ1) is 14.7. The molecule has 5 heteroatoms. The maximum Gasteiger partial charge on any atom is 0.124 e. The molecule has 5 nitrogen and oxygen atoms in total. The van der Waals surface area contributed by atoms with E-state index < -0.39 is 0 Å². The van der Waals surface area contributed by atoms with Crippen LogP contribution in [0.3, 0.4) is 0 Å². The van der Waals surface area contributed by atoms with E-state index in [1.807, 2.05) is 18.2 Å². The van der Waals surface area contributed by atoms with Gasteiger partial charge < -0.3 is 20.3 Å². The molecule has 1 atom stereocenters. The maximum absolute atomic E-state index is 7.72. The Kier molecular flexibility index (Phi) is 4.49. The summed E-state index contributed by atoms with van der Waals surface area (Å²) >= 11 is 0. The summed E-state index contributed by atoms with van der Waals surface area (Å²) < 4.78 is 5.28. The molecule has 0 saturated carbocycles. The van der Waals surface area contributed by atoms with Crippen molar-refractivity contribution in [2.45, 2.75) is 6.42 Å². The average Bonchev–Trinajstić information content (AvgIpc) is 2.83. The Balaban J connectivity index is 2.18. The third kappa shape index (κ3) is 3.22. The van der Waals surface area contributed by atoms with E-state index in [4.69, 9.17) is 15.9 Å². The molecule has 0 bridgehead atoms. The van der Waals surface area contributed by atoms with E-state index in [1.165, 1.54) is 6.42 Å². The zero-order valence-electron chi connectivity index (χ0n) is 12.5. The Morgan fingerprint density at radius 3 is 2.85 bits per heavy atom. The monoisotopic (exact) mass is 276 g/mol. The molecule has 1 fully saturated rings. The van der Waals surface area contributed by atoms with Crippen LogP contribution in [0.1, 0.15) is 12.0 Å². The lowest BCUT2D eigenvalue weighted by Gasteiger charge is -2.25. The number of nitrogen functional groups attached to an aromatic ring is 1. The van der Waals surface area contributed by atoms with E-state index >= 15 is 0 Å². The summed E-state index contributed by atoms with van der Waals surface area (Å²) in [5.74, 6) is 1.55. The Morgan fingerprint density at radius 2 is 2.30 bits per heavy atom. The molecule has 1 aromatic carbocycles. The van der Waals surface area contributed by atoms with Crippen molar-refractivity contribution in [1.29, 1.82) is 5.41 Å². The number of hydrogen-bond acceptors (Lipinski definition) is 4. The lowest BCUT2D eigenvalue weighted by atomic mass is 10.1. The first-order chi connectivity index (χ1) is 9.51. The number of methoxy groups -OCH3 is 1. The quantitative estimate of drug-likeness (QED) is 0.629. The molecule has 0 spiro atoms. The molecule has 3 N–H and O–H groups in total. The van der Waals surface area contributed by atoms with Crippen molar-refractivity contribution in [2.24, 2.45) is 11.7 Å². The van der Waals surface area contributed by atoms with E-state index in [1.54, 1.807) is 7.11 Å². The summed E-state index contributed by atoms with van der Waals surface area (Å²) in [6.07, 6.45) is 1.22. The zero-order valence-corrected chi connectivity index (χ0v) is 12.5. The fourth-order valence-corrected chi connectivity index (χ4v) is 2.84. The predicted molar refractivity (Wildman–Crippen MR) is 82.9 cm³/mol. The van der Waals surface area contributed by atoms with Crippen LogP contribution in [0.4, 0.5) is 5.69 Å². The second-order valence-electron chi connectivity index (χ2n) is 5.59. The number of hydrogen-bond donors (Lipinski definition) is 2. The van der Waals surface area contributed by atoms with Gasteiger partial charge in [-0.15, -0.1) is 0 Å². The minimum atomic E-state index is 0.0954. The second-order valence-corrected chi connectivity index (χ2v) is 5.59. The van der Waals surface area contributed by atoms with Gasteiger partial charge in [-0.3, -0.25) is 5.41 Å². The fourth-order valence-electron chi connectivity index (χ4n) is 2.84. The molecular formula is C15H24N4O. The van der Waals surface area contributed by atoms with Gasteiger partial charge in [-0.05, 0) is 38.1 Å². The van der Waals surface area contributed by atoms with E-state index in [2.05, 4.69) is 23.9 Å². The molecule has 0 radical (unpaired) electrons. The highest BCUT2D eigenvalue weighted by Gasteiger charge is 2.22. The minimum Gasteiger partial charge on any atom is -0.497 e. The highest BCUT2D eigenvalue weighted by atomic mass is 16.5. The Hall–Kier alpha value is -1.75. The van der Waals surface area contributed by atoms with E-state index in [-0.39, 0.29) is 5.84 Å². The van der Waals surface area contributed by atoms with Crippen LogP contribution in [-0.4, -0.2) is 51.6 Å². The summed E-state index contributed by atoms with van der Waals surface area (Å²) in [6, 6.07) is 5.65. The zero-order chi connectivity index (χ0) is 14.7. The molecule has 1 aromatic rings. The lowest BCUT2D eigenvalue weighted by molar-refractivity contribution is 0.395. The van der Waals surface area contributed by atoms with Crippen LogP contribution < -0.4 is 15.4 Å². The molecule has 1 unspecified atom stereocenters. The summed E-state index contributed by atoms with van der Waals surface area (Å²) in [5.41, 5.74) is 7.41. The highest BCUT2D eigenvalue weighted by molar-refractivity contribution is 6.00. The maximum atomic E-state index is 7.72. The smallest absolute Gasteiger partial charge is 0.124 e. The summed E-state index contributed by atoms with van der Waals surface area (Å²) in [5, 5.41) is 7.72. The van der Waals surface area contributed by atoms with Crippen molar-refractivity contribution in [1.82, 2.24) is 4.90 Å². The van der Waals surface area contributed by atoms with Crippen LogP contribution in [0.15, 0.2) is 18.2 Å². The van der Waals surface area contributed by atoms with Gasteiger partial charge in [0.15, 0.2) is 0 Å². The van der Waals surface area contributed by atoms with Gasteiger partial charge >= 0.3 is 0 Å². The Labute approximate surface area is 120 Å². The van der Waals surface area contributed by atoms with Crippen LogP contribution in [0.25, 0.3) is 0 Å². The van der Waals surface area contributed by atoms with Gasteiger partial charge in [0.1, 0.15) is 11.6 Å². The van der Waals surface area contributed by atoms with Crippen molar-refractivity contribution in [3.8, 4) is 5.75 Å². The lowest BCUT2D eigenvalue weighted by Crippen LogP contribution is -2.29. The number of nitrogens with zero attached hydrogens (tertiary/aromatic N) is 2. The third-order valence-corrected chi connectivity index (χ3v) is 3.93. The van der Waals surface area contributed by atoms with Crippen molar-refractivity contribution in [2.75, 3.05) is 45.7 Å². The van der Waals surface area contributed by atoms with E-state index in [0.29, 0.717) is 5.92 Å². The number of anilines is 1. The normalized spacial score (nSPS) is 19.1. The first-order valence-electron chi connectivity index (χ1n) is 6.93. The Morgan fingerprint density at radius 1 is 1.55 bits per heavy atom. The second kappa shape index (κ2) is 6.13. The standard InChI is InChI=1S/C15H24N4O/c1-18-7-6-11(9-18)10-19(2)14-8-12(20-3)4-5-13(14)15(16)17/h4-5,8,11H,6-7,9-10H2,1-3H3,(H3,16,17). The highest BCUT2D eigenvalue weighted by Crippen LogP contribution is 2.27. The molecule has 110 valence electrons. The van der Waals surface area contributed by atoms with Crippen molar-refractivity contribution < 1.29 is 4.74 Å². The number of nitrogens with two attached hydrogens (primary N) is 1. The summed E-state index contributed by atoms with van der Waals surface area (Å²) in [6.45, 7) is 3.26. The number of rotatable bonds is 5. The van der Waals surface area contributed by atoms with E-state index in [9.17, 15) is 0 Å². The SMILES string of the molecule is COc1ccc(C(=N)N)c(N(C)CC2CCN(C)C2)c1. The summed E-state index contributed by atoms with van der Waals surface area (Å²) in [7, 11) is 5.87. The van der Waals surface area contributed by atoms with Gasteiger partial charge in [-0.25, -0.2) is 0 Å². The largest absolute Gasteiger partial charge is 0.497 e. The van der Waals surface area contributed by atoms with Gasteiger partial charge in [-0.2, -0.15) is 0 Å². The van der Waals surface area contributed by atoms with Gasteiger partial charge in [0.25, 0.3) is 0 Å². The van der Waals surface area contributed by atoms with Crippen molar-refractivity contribution in [3.63, 3.8) is 0 Å². The van der Waals surface area contributed by atoms with Crippen LogP contribution in [0, 0.1) is 11.3 Å². The van der Waals surface area contributed by atoms with Gasteiger partial charge in [0.2, 0.25) is 0 Å². The molecule has 1 aliphatic heterocycles. The molecular weight excluding hydrogens is 252 g/mol. The van der Waals surface area contributed by atoms with Crippen LogP contribution >= 0.6 is 0 Å². The molecule has 1 aliphatic rings. The molecule has 0 amide bonds. The molecule has 20 heavy (non-hydrogen) atoms. The van der Waals surface area contributed by atoms with E-state index in [0.717, 1.165) is 36.6 Å². The first-order valence-corrected chi connectivity index (χ1v) is 6.93. The van der Waals surface area contributed by atoms with Gasteiger partial charge in [-0.1, -0.05) is 0 Å². The molecule has 0 aromatic heterocycles. The van der Waals surface area contributed by atoms with Crippen LogP contribution in [0.5, 0.6) is 5.75 Å². The third-order valence-electron chi connectivity index (χ3n) is 3.93.